The summed E-state index contributed by atoms with van der Waals surface area (Å²) in [5.41, 5.74) is 9.51. The number of carboxylic acid groups (broad SMARTS) is 1. The molecule has 184 valence electrons. The number of fused-ring (bicyclic) bond motifs is 1. The zero-order valence-corrected chi connectivity index (χ0v) is 20.4. The lowest BCUT2D eigenvalue weighted by molar-refractivity contribution is -0.137. The third-order valence-corrected chi connectivity index (χ3v) is 6.64. The number of carbonyl (C=O) groups is 2. The van der Waals surface area contributed by atoms with Crippen molar-refractivity contribution in [3.8, 4) is 17.0 Å². The Bertz CT molecular complexity index is 1240. The fourth-order valence-corrected chi connectivity index (χ4v) is 4.64. The second-order valence-corrected chi connectivity index (χ2v) is 8.99. The number of carboxylic acids is 1. The average molecular weight is 497 g/mol. The fraction of sp³-hybridized carbons (Fsp3) is 0.346. The van der Waals surface area contributed by atoms with E-state index in [4.69, 9.17) is 32.2 Å². The van der Waals surface area contributed by atoms with Crippen molar-refractivity contribution in [2.45, 2.75) is 19.4 Å². The third-order valence-electron chi connectivity index (χ3n) is 6.33. The number of hydrogen-bond acceptors (Lipinski definition) is 6. The number of halogens is 1. The van der Waals surface area contributed by atoms with Gasteiger partial charge in [-0.2, -0.15) is 0 Å². The molecule has 4 rings (SSSR count). The lowest BCUT2D eigenvalue weighted by atomic mass is 10.0. The highest BCUT2D eigenvalue weighted by molar-refractivity contribution is 6.35. The van der Waals surface area contributed by atoms with Gasteiger partial charge in [-0.1, -0.05) is 17.7 Å². The Morgan fingerprint density at radius 3 is 2.57 bits per heavy atom. The van der Waals surface area contributed by atoms with E-state index < -0.39 is 5.97 Å². The topological polar surface area (TPSA) is 109 Å². The zero-order chi connectivity index (χ0) is 24.9. The van der Waals surface area contributed by atoms with Gasteiger partial charge in [-0.15, -0.1) is 0 Å². The third kappa shape index (κ3) is 5.73. The predicted molar refractivity (Wildman–Crippen MR) is 136 cm³/mol. The molecule has 0 bridgehead atoms. The standard InChI is InChI=1S/C26H29ClN4O4/c1-35-24-7-5-17(13-19(24)16-28)22-15-21(27)20-6-4-18(14-23(20)29-22)26(34)31-11-9-30(10-12-31)8-2-3-25(32)33/h4-7,13-15H,2-3,8-12,16,28H2,1H3,(H,32,33). The van der Waals surface area contributed by atoms with Crippen LogP contribution in [0.5, 0.6) is 5.75 Å². The summed E-state index contributed by atoms with van der Waals surface area (Å²) in [4.78, 5) is 32.7. The summed E-state index contributed by atoms with van der Waals surface area (Å²) in [7, 11) is 1.61. The van der Waals surface area contributed by atoms with Gasteiger partial charge in [-0.3, -0.25) is 14.5 Å². The number of rotatable bonds is 8. The molecule has 0 unspecified atom stereocenters. The summed E-state index contributed by atoms with van der Waals surface area (Å²) < 4.78 is 5.36. The maximum Gasteiger partial charge on any atom is 0.303 e. The van der Waals surface area contributed by atoms with Gasteiger partial charge < -0.3 is 20.5 Å². The van der Waals surface area contributed by atoms with Crippen LogP contribution in [0.3, 0.4) is 0 Å². The molecule has 8 nitrogen and oxygen atoms in total. The molecule has 1 saturated heterocycles. The molecule has 3 N–H and O–H groups in total. The van der Waals surface area contributed by atoms with E-state index in [1.165, 1.54) is 0 Å². The number of amides is 1. The molecular formula is C26H29ClN4O4. The number of nitrogens with zero attached hydrogens (tertiary/aromatic N) is 3. The van der Waals surface area contributed by atoms with Crippen LogP contribution in [0.2, 0.25) is 5.02 Å². The van der Waals surface area contributed by atoms with Gasteiger partial charge >= 0.3 is 5.97 Å². The van der Waals surface area contributed by atoms with Gasteiger partial charge in [0.05, 0.1) is 23.3 Å². The van der Waals surface area contributed by atoms with E-state index in [9.17, 15) is 9.59 Å². The van der Waals surface area contributed by atoms with Crippen LogP contribution in [-0.4, -0.2) is 71.6 Å². The molecule has 2 aromatic carbocycles. The van der Waals surface area contributed by atoms with E-state index in [1.54, 1.807) is 19.2 Å². The van der Waals surface area contributed by atoms with Crippen LogP contribution in [0.4, 0.5) is 0 Å². The van der Waals surface area contributed by atoms with Gasteiger partial charge in [-0.05, 0) is 49.4 Å². The summed E-state index contributed by atoms with van der Waals surface area (Å²) in [6.45, 7) is 3.73. The first-order valence-corrected chi connectivity index (χ1v) is 12.0. The van der Waals surface area contributed by atoms with E-state index in [0.29, 0.717) is 47.9 Å². The van der Waals surface area contributed by atoms with Crippen molar-refractivity contribution in [1.82, 2.24) is 14.8 Å². The van der Waals surface area contributed by atoms with Crippen molar-refractivity contribution < 1.29 is 19.4 Å². The summed E-state index contributed by atoms with van der Waals surface area (Å²) in [6, 6.07) is 12.9. The van der Waals surface area contributed by atoms with E-state index in [2.05, 4.69) is 4.90 Å². The van der Waals surface area contributed by atoms with Crippen LogP contribution in [0, 0.1) is 0 Å². The molecule has 1 amide bonds. The van der Waals surface area contributed by atoms with Gasteiger partial charge in [0, 0.05) is 61.2 Å². The minimum absolute atomic E-state index is 0.0460. The van der Waals surface area contributed by atoms with E-state index >= 15 is 0 Å². The average Bonchev–Trinajstić information content (AvgIpc) is 2.87. The number of hydrogen-bond donors (Lipinski definition) is 2. The summed E-state index contributed by atoms with van der Waals surface area (Å²) >= 11 is 6.58. The number of ether oxygens (including phenoxy) is 1. The first-order valence-electron chi connectivity index (χ1n) is 11.6. The van der Waals surface area contributed by atoms with E-state index in [-0.39, 0.29) is 12.3 Å². The molecule has 2 heterocycles. The molecular weight excluding hydrogens is 468 g/mol. The van der Waals surface area contributed by atoms with Crippen LogP contribution in [-0.2, 0) is 11.3 Å². The highest BCUT2D eigenvalue weighted by Gasteiger charge is 2.22. The molecule has 35 heavy (non-hydrogen) atoms. The van der Waals surface area contributed by atoms with Crippen LogP contribution >= 0.6 is 11.6 Å². The molecule has 0 saturated carbocycles. The highest BCUT2D eigenvalue weighted by atomic mass is 35.5. The summed E-state index contributed by atoms with van der Waals surface area (Å²) in [5.74, 6) is -0.105. The number of piperazine rings is 1. The zero-order valence-electron chi connectivity index (χ0n) is 19.7. The second kappa shape index (κ2) is 11.0. The number of pyridine rings is 1. The predicted octanol–water partition coefficient (Wildman–Crippen LogP) is 3.65. The number of carbonyl (C=O) groups excluding carboxylic acids is 1. The summed E-state index contributed by atoms with van der Waals surface area (Å²) in [6.07, 6.45) is 0.779. The Morgan fingerprint density at radius 1 is 1.11 bits per heavy atom. The Morgan fingerprint density at radius 2 is 1.89 bits per heavy atom. The largest absolute Gasteiger partial charge is 0.496 e. The molecule has 0 aliphatic carbocycles. The number of aromatic nitrogens is 1. The first kappa shape index (κ1) is 24.9. The molecule has 1 fully saturated rings. The van der Waals surface area contributed by atoms with Crippen molar-refractivity contribution in [2.75, 3.05) is 39.8 Å². The number of aliphatic carboxylic acids is 1. The van der Waals surface area contributed by atoms with Crippen molar-refractivity contribution in [2.24, 2.45) is 5.73 Å². The van der Waals surface area contributed by atoms with Gasteiger partial charge in [0.2, 0.25) is 0 Å². The van der Waals surface area contributed by atoms with Crippen molar-refractivity contribution in [3.63, 3.8) is 0 Å². The SMILES string of the molecule is COc1ccc(-c2cc(Cl)c3ccc(C(=O)N4CCN(CCCC(=O)O)CC4)cc3n2)cc1CN. The maximum absolute atomic E-state index is 13.2. The van der Waals surface area contributed by atoms with Crippen LogP contribution in [0.15, 0.2) is 42.5 Å². The van der Waals surface area contributed by atoms with Crippen LogP contribution in [0.1, 0.15) is 28.8 Å². The van der Waals surface area contributed by atoms with Crippen molar-refractivity contribution >= 4 is 34.4 Å². The van der Waals surface area contributed by atoms with Gasteiger partial charge in [0.1, 0.15) is 5.75 Å². The monoisotopic (exact) mass is 496 g/mol. The Kier molecular flexibility index (Phi) is 7.85. The maximum atomic E-state index is 13.2. The number of benzene rings is 2. The lowest BCUT2D eigenvalue weighted by Gasteiger charge is -2.34. The normalized spacial score (nSPS) is 14.3. The van der Waals surface area contributed by atoms with Crippen LogP contribution < -0.4 is 10.5 Å². The Labute approximate surface area is 209 Å². The molecule has 9 heteroatoms. The highest BCUT2D eigenvalue weighted by Crippen LogP contribution is 2.31. The molecule has 0 spiro atoms. The summed E-state index contributed by atoms with van der Waals surface area (Å²) in [5, 5.41) is 10.1. The quantitative estimate of drug-likeness (QED) is 0.490. The number of methoxy groups -OCH3 is 1. The minimum Gasteiger partial charge on any atom is -0.496 e. The molecule has 1 aliphatic heterocycles. The van der Waals surface area contributed by atoms with Crippen molar-refractivity contribution in [3.05, 3.63) is 58.6 Å². The Hall–Kier alpha value is -3.20. The molecule has 0 radical (unpaired) electrons. The second-order valence-electron chi connectivity index (χ2n) is 8.58. The van der Waals surface area contributed by atoms with E-state index in [1.807, 2.05) is 35.2 Å². The minimum atomic E-state index is -0.779. The smallest absolute Gasteiger partial charge is 0.303 e. The molecule has 0 atom stereocenters. The first-order chi connectivity index (χ1) is 16.9. The number of nitrogens with two attached hydrogens (primary N) is 1. The fourth-order valence-electron chi connectivity index (χ4n) is 4.38. The lowest BCUT2D eigenvalue weighted by Crippen LogP contribution is -2.48. The Balaban J connectivity index is 1.52. The molecule has 1 aliphatic rings. The van der Waals surface area contributed by atoms with Crippen molar-refractivity contribution in [1.29, 1.82) is 0 Å². The molecule has 1 aromatic heterocycles. The van der Waals surface area contributed by atoms with Crippen LogP contribution in [0.25, 0.3) is 22.2 Å². The van der Waals surface area contributed by atoms with Gasteiger partial charge in [0.25, 0.3) is 5.91 Å². The van der Waals surface area contributed by atoms with Gasteiger partial charge in [0.15, 0.2) is 0 Å². The molecule has 3 aromatic rings. The van der Waals surface area contributed by atoms with Gasteiger partial charge in [-0.25, -0.2) is 4.98 Å². The van der Waals surface area contributed by atoms with E-state index in [0.717, 1.165) is 41.9 Å².